The minimum absolute atomic E-state index is 0.102. The number of anilines is 1. The van der Waals surface area contributed by atoms with Gasteiger partial charge >= 0.3 is 0 Å². The lowest BCUT2D eigenvalue weighted by Gasteiger charge is -2.35. The molecule has 1 aromatic carbocycles. The van der Waals surface area contributed by atoms with Gasteiger partial charge in [-0.15, -0.1) is 0 Å². The van der Waals surface area contributed by atoms with Crippen LogP contribution < -0.4 is 4.90 Å². The van der Waals surface area contributed by atoms with Gasteiger partial charge in [0.1, 0.15) is 0 Å². The molecule has 3 saturated heterocycles. The predicted octanol–water partition coefficient (Wildman–Crippen LogP) is 2.30. The predicted molar refractivity (Wildman–Crippen MR) is 132 cm³/mol. The lowest BCUT2D eigenvalue weighted by molar-refractivity contribution is -0.134. The second-order valence-corrected chi connectivity index (χ2v) is 12.6. The zero-order valence-corrected chi connectivity index (χ0v) is 21.4. The van der Waals surface area contributed by atoms with Crippen molar-refractivity contribution in [2.24, 2.45) is 5.92 Å². The molecule has 1 aromatic heterocycles. The monoisotopic (exact) mass is 505 g/mol. The number of benzene rings is 1. The standard InChI is InChI=1S/C23H31N5O4S2/c1-15-8-6-7-12-26(15)20(29)14-25(3)34(31,32)27-13-11-18-21(27)16(2)22(30)28(18)23-24-17-9-4-5-10-19(17)33-23/h4-5,9-10,15-16,18,21H,6-8,11-14H2,1-3H3/t15?,16-,18-,21+/m0/s1. The number of hydrogen-bond acceptors (Lipinski definition) is 6. The van der Waals surface area contributed by atoms with Crippen LogP contribution >= 0.6 is 11.3 Å². The Balaban J connectivity index is 1.36. The van der Waals surface area contributed by atoms with Gasteiger partial charge in [-0.25, -0.2) is 4.98 Å². The number of likely N-dealkylation sites (N-methyl/N-ethyl adjacent to an activating group) is 1. The average Bonchev–Trinajstić information content (AvgIpc) is 3.49. The van der Waals surface area contributed by atoms with E-state index in [9.17, 15) is 18.0 Å². The van der Waals surface area contributed by atoms with Gasteiger partial charge in [0, 0.05) is 26.2 Å². The number of carbonyl (C=O) groups is 2. The van der Waals surface area contributed by atoms with Gasteiger partial charge in [-0.2, -0.15) is 17.0 Å². The highest BCUT2D eigenvalue weighted by molar-refractivity contribution is 7.86. The number of hydrogen-bond donors (Lipinski definition) is 0. The van der Waals surface area contributed by atoms with E-state index in [-0.39, 0.29) is 30.4 Å². The Morgan fingerprint density at radius 2 is 1.94 bits per heavy atom. The van der Waals surface area contributed by atoms with Gasteiger partial charge in [-0.1, -0.05) is 30.4 Å². The molecular weight excluding hydrogens is 474 g/mol. The Hall–Kier alpha value is -2.08. The van der Waals surface area contributed by atoms with Crippen molar-refractivity contribution in [2.75, 3.05) is 31.6 Å². The molecule has 0 N–H and O–H groups in total. The first kappa shape index (κ1) is 23.7. The van der Waals surface area contributed by atoms with Crippen molar-refractivity contribution < 1.29 is 18.0 Å². The van der Waals surface area contributed by atoms with E-state index < -0.39 is 22.2 Å². The SMILES string of the molecule is CC1CCCCN1C(=O)CN(C)S(=O)(=O)N1CC[C@H]2[C@H]1[C@H](C)C(=O)N2c1nc2ccccc2s1. The molecule has 9 nitrogen and oxygen atoms in total. The maximum Gasteiger partial charge on any atom is 0.282 e. The molecule has 0 spiro atoms. The molecule has 3 aliphatic heterocycles. The molecule has 11 heteroatoms. The Labute approximate surface area is 204 Å². The molecule has 2 aromatic rings. The van der Waals surface area contributed by atoms with Crippen molar-refractivity contribution in [1.29, 1.82) is 0 Å². The molecule has 1 unspecified atom stereocenters. The maximum atomic E-state index is 13.5. The first-order valence-corrected chi connectivity index (χ1v) is 14.1. The second-order valence-electron chi connectivity index (χ2n) is 9.61. The van der Waals surface area contributed by atoms with Crippen LogP contribution in [-0.2, 0) is 19.8 Å². The summed E-state index contributed by atoms with van der Waals surface area (Å²) in [5, 5.41) is 0.618. The van der Waals surface area contributed by atoms with Gasteiger partial charge in [0.25, 0.3) is 10.2 Å². The summed E-state index contributed by atoms with van der Waals surface area (Å²) in [6, 6.07) is 7.13. The van der Waals surface area contributed by atoms with Crippen LogP contribution in [0.2, 0.25) is 0 Å². The van der Waals surface area contributed by atoms with Crippen LogP contribution in [-0.4, -0.2) is 83.5 Å². The van der Waals surface area contributed by atoms with Crippen LogP contribution in [0.3, 0.4) is 0 Å². The zero-order valence-electron chi connectivity index (χ0n) is 19.8. The molecule has 4 atom stereocenters. The molecule has 184 valence electrons. The summed E-state index contributed by atoms with van der Waals surface area (Å²) in [7, 11) is -2.45. The number of para-hydroxylation sites is 1. The summed E-state index contributed by atoms with van der Waals surface area (Å²) in [5.74, 6) is -0.754. The van der Waals surface area contributed by atoms with E-state index in [0.717, 1.165) is 33.8 Å². The van der Waals surface area contributed by atoms with Crippen molar-refractivity contribution in [1.82, 2.24) is 18.5 Å². The van der Waals surface area contributed by atoms with Crippen molar-refractivity contribution in [3.63, 3.8) is 0 Å². The van der Waals surface area contributed by atoms with Crippen molar-refractivity contribution in [2.45, 2.75) is 57.7 Å². The summed E-state index contributed by atoms with van der Waals surface area (Å²) in [4.78, 5) is 34.3. The fraction of sp³-hybridized carbons (Fsp3) is 0.609. The molecule has 0 bridgehead atoms. The number of thiazole rings is 1. The van der Waals surface area contributed by atoms with Crippen molar-refractivity contribution >= 4 is 48.7 Å². The van der Waals surface area contributed by atoms with Gasteiger partial charge in [0.05, 0.1) is 34.8 Å². The first-order valence-electron chi connectivity index (χ1n) is 11.9. The molecular formula is C23H31N5O4S2. The minimum atomic E-state index is -3.91. The van der Waals surface area contributed by atoms with Crippen LogP contribution in [0, 0.1) is 5.92 Å². The Morgan fingerprint density at radius 3 is 2.68 bits per heavy atom. The van der Waals surface area contributed by atoms with Crippen molar-refractivity contribution in [3.05, 3.63) is 24.3 Å². The molecule has 3 aliphatic rings. The number of likely N-dealkylation sites (tertiary alicyclic amines) is 1. The second kappa shape index (κ2) is 8.85. The summed E-state index contributed by atoms with van der Waals surface area (Å²) >= 11 is 1.45. The van der Waals surface area contributed by atoms with E-state index in [1.165, 1.54) is 22.7 Å². The third kappa shape index (κ3) is 3.82. The molecule has 3 fully saturated rings. The number of carbonyl (C=O) groups excluding carboxylic acids is 2. The molecule has 0 aliphatic carbocycles. The highest BCUT2D eigenvalue weighted by Crippen LogP contribution is 2.42. The highest BCUT2D eigenvalue weighted by atomic mass is 32.2. The third-order valence-corrected chi connectivity index (χ3v) is 10.5. The summed E-state index contributed by atoms with van der Waals surface area (Å²) in [6.45, 7) is 4.60. The topological polar surface area (TPSA) is 94.1 Å². The van der Waals surface area contributed by atoms with Crippen LogP contribution in [0.15, 0.2) is 24.3 Å². The average molecular weight is 506 g/mol. The summed E-state index contributed by atoms with van der Waals surface area (Å²) in [6.07, 6.45) is 3.52. The smallest absolute Gasteiger partial charge is 0.282 e. The fourth-order valence-electron chi connectivity index (χ4n) is 5.64. The lowest BCUT2D eigenvalue weighted by atomic mass is 10.0. The van der Waals surface area contributed by atoms with Crippen molar-refractivity contribution in [3.8, 4) is 0 Å². The van der Waals surface area contributed by atoms with Crippen LogP contribution in [0.25, 0.3) is 10.2 Å². The number of nitrogens with zero attached hydrogens (tertiary/aromatic N) is 5. The largest absolute Gasteiger partial charge is 0.339 e. The third-order valence-electron chi connectivity index (χ3n) is 7.50. The van der Waals surface area contributed by atoms with E-state index in [1.807, 2.05) is 31.2 Å². The normalized spacial score (nSPS) is 28.3. The molecule has 5 rings (SSSR count). The van der Waals surface area contributed by atoms with E-state index in [2.05, 4.69) is 4.98 Å². The zero-order chi connectivity index (χ0) is 24.2. The fourth-order valence-corrected chi connectivity index (χ4v) is 8.27. The molecule has 0 radical (unpaired) electrons. The van der Waals surface area contributed by atoms with Gasteiger partial charge < -0.3 is 4.90 Å². The number of fused-ring (bicyclic) bond motifs is 2. The Bertz CT molecular complexity index is 1180. The summed E-state index contributed by atoms with van der Waals surface area (Å²) in [5.41, 5.74) is 0.832. The maximum absolute atomic E-state index is 13.5. The lowest BCUT2D eigenvalue weighted by Crippen LogP contribution is -2.52. The molecule has 4 heterocycles. The van der Waals surface area contributed by atoms with Crippen LogP contribution in [0.5, 0.6) is 0 Å². The number of aromatic nitrogens is 1. The molecule has 2 amide bonds. The summed E-state index contributed by atoms with van der Waals surface area (Å²) < 4.78 is 30.7. The number of piperidine rings is 1. The minimum Gasteiger partial charge on any atom is -0.339 e. The van der Waals surface area contributed by atoms with Gasteiger partial charge in [0.15, 0.2) is 5.13 Å². The van der Waals surface area contributed by atoms with E-state index >= 15 is 0 Å². The van der Waals surface area contributed by atoms with Gasteiger partial charge in [-0.05, 0) is 44.7 Å². The molecule has 0 saturated carbocycles. The van der Waals surface area contributed by atoms with Gasteiger partial charge in [-0.3, -0.25) is 14.5 Å². The Kier molecular flexibility index (Phi) is 6.16. The van der Waals surface area contributed by atoms with E-state index in [1.54, 1.807) is 16.7 Å². The quantitative estimate of drug-likeness (QED) is 0.622. The first-order chi connectivity index (χ1) is 16.2. The van der Waals surface area contributed by atoms with Crippen LogP contribution in [0.1, 0.15) is 39.5 Å². The highest BCUT2D eigenvalue weighted by Gasteiger charge is 2.56. The Morgan fingerprint density at radius 1 is 1.18 bits per heavy atom. The van der Waals surface area contributed by atoms with Crippen LogP contribution in [0.4, 0.5) is 5.13 Å². The number of amides is 2. The van der Waals surface area contributed by atoms with Gasteiger partial charge in [0.2, 0.25) is 11.8 Å². The molecule has 34 heavy (non-hydrogen) atoms. The van der Waals surface area contributed by atoms with E-state index in [4.69, 9.17) is 0 Å². The number of rotatable bonds is 5. The van der Waals surface area contributed by atoms with E-state index in [0.29, 0.717) is 24.6 Å².